The number of imidazole rings is 1. The Labute approximate surface area is 91.8 Å². The molecule has 0 fully saturated rings. The van der Waals surface area contributed by atoms with Gasteiger partial charge < -0.3 is 14.8 Å². The molecule has 1 aromatic carbocycles. The maximum Gasteiger partial charge on any atom is 0.511 e. The fourth-order valence-corrected chi connectivity index (χ4v) is 1.28. The van der Waals surface area contributed by atoms with E-state index in [2.05, 4.69) is 14.7 Å². The number of alkyl halides is 3. The monoisotopic (exact) mass is 246 g/mol. The summed E-state index contributed by atoms with van der Waals surface area (Å²) in [4.78, 5) is 15.6. The van der Waals surface area contributed by atoms with E-state index in [1.54, 1.807) is 0 Å². The van der Waals surface area contributed by atoms with Gasteiger partial charge in [0.1, 0.15) is 5.75 Å². The number of carbonyl (C=O) groups is 1. The van der Waals surface area contributed by atoms with E-state index in [1.807, 2.05) is 0 Å². The Morgan fingerprint density at radius 1 is 1.41 bits per heavy atom. The van der Waals surface area contributed by atoms with Gasteiger partial charge in [-0.1, -0.05) is 0 Å². The van der Waals surface area contributed by atoms with Crippen molar-refractivity contribution in [1.29, 1.82) is 0 Å². The third-order valence-electron chi connectivity index (χ3n) is 1.93. The van der Waals surface area contributed by atoms with Gasteiger partial charge >= 0.3 is 12.3 Å². The molecule has 1 aromatic heterocycles. The summed E-state index contributed by atoms with van der Waals surface area (Å²) in [6.45, 7) is 0. The molecule has 0 aliphatic heterocycles. The van der Waals surface area contributed by atoms with Crippen molar-refractivity contribution in [3.63, 3.8) is 0 Å². The first-order chi connectivity index (χ1) is 7.86. The molecule has 0 saturated heterocycles. The summed E-state index contributed by atoms with van der Waals surface area (Å²) in [6.07, 6.45) is -6.12. The summed E-state index contributed by atoms with van der Waals surface area (Å²) < 4.78 is 41.3. The Bertz CT molecular complexity index is 576. The van der Waals surface area contributed by atoms with E-state index >= 15 is 0 Å². The number of carboxylic acid groups (broad SMARTS) is 1. The summed E-state index contributed by atoms with van der Waals surface area (Å²) in [5.74, 6) is -1.23. The molecule has 0 aliphatic carbocycles. The summed E-state index contributed by atoms with van der Waals surface area (Å²) in [6, 6.07) is 3.60. The van der Waals surface area contributed by atoms with Crippen LogP contribution < -0.4 is 4.74 Å². The number of nitrogens with zero attached hydrogens (tertiary/aromatic N) is 1. The molecule has 0 unspecified atom stereocenters. The first-order valence-electron chi connectivity index (χ1n) is 4.34. The molecule has 0 amide bonds. The predicted octanol–water partition coefficient (Wildman–Crippen LogP) is 2.64. The number of rotatable bonds is 1. The Hall–Kier alpha value is -2.25. The number of aromatic nitrogens is 2. The molecule has 0 radical (unpaired) electrons. The van der Waals surface area contributed by atoms with Crippen molar-refractivity contribution in [2.45, 2.75) is 6.18 Å². The number of halogens is 3. The van der Waals surface area contributed by atoms with Gasteiger partial charge in [0, 0.05) is 6.07 Å². The quantitative estimate of drug-likeness (QED) is 0.599. The number of hydrogen-bond acceptors (Lipinski definition) is 3. The Kier molecular flexibility index (Phi) is 2.41. The van der Waals surface area contributed by atoms with Gasteiger partial charge in [0.25, 0.3) is 0 Å². The molecule has 0 spiro atoms. The lowest BCUT2D eigenvalue weighted by molar-refractivity contribution is -0.144. The maximum absolute atomic E-state index is 12.3. The highest BCUT2D eigenvalue weighted by molar-refractivity contribution is 5.77. The predicted molar refractivity (Wildman–Crippen MR) is 49.7 cm³/mol. The molecule has 0 atom stereocenters. The van der Waals surface area contributed by atoms with Crippen LogP contribution in [0, 0.1) is 0 Å². The largest absolute Gasteiger partial charge is 0.511 e. The third-order valence-corrected chi connectivity index (χ3v) is 1.93. The minimum absolute atomic E-state index is 0.0175. The van der Waals surface area contributed by atoms with E-state index < -0.39 is 18.2 Å². The number of nitrogens with one attached hydrogen (secondary N) is 1. The number of fused-ring (bicyclic) bond motifs is 1. The average molecular weight is 246 g/mol. The molecular weight excluding hydrogens is 241 g/mol. The standard InChI is InChI=1S/C9H5F3N2O3/c10-9(11,12)7-13-5-2-1-4(17-8(15)16)3-6(5)14-7/h1-3H,(H,13,14)(H,15,16). The van der Waals surface area contributed by atoms with Crippen molar-refractivity contribution >= 4 is 17.2 Å². The summed E-state index contributed by atoms with van der Waals surface area (Å²) >= 11 is 0. The van der Waals surface area contributed by atoms with Crippen LogP contribution in [0.15, 0.2) is 18.2 Å². The Balaban J connectivity index is 2.44. The molecule has 0 aliphatic rings. The van der Waals surface area contributed by atoms with Crippen LogP contribution in [0.5, 0.6) is 5.75 Å². The first kappa shape index (κ1) is 11.2. The van der Waals surface area contributed by atoms with Gasteiger partial charge in [0.2, 0.25) is 5.82 Å². The third kappa shape index (κ3) is 2.30. The molecule has 2 aromatic rings. The van der Waals surface area contributed by atoms with Crippen LogP contribution in [0.2, 0.25) is 0 Å². The second-order valence-corrected chi connectivity index (χ2v) is 3.13. The zero-order chi connectivity index (χ0) is 12.6. The van der Waals surface area contributed by atoms with Crippen molar-refractivity contribution in [3.05, 3.63) is 24.0 Å². The molecule has 17 heavy (non-hydrogen) atoms. The van der Waals surface area contributed by atoms with Gasteiger partial charge in [-0.3, -0.25) is 0 Å². The van der Waals surface area contributed by atoms with E-state index in [1.165, 1.54) is 12.1 Å². The lowest BCUT2D eigenvalue weighted by atomic mass is 10.3. The highest BCUT2D eigenvalue weighted by Crippen LogP contribution is 2.29. The van der Waals surface area contributed by atoms with E-state index in [9.17, 15) is 18.0 Å². The zero-order valence-electron chi connectivity index (χ0n) is 8.08. The second-order valence-electron chi connectivity index (χ2n) is 3.13. The molecule has 90 valence electrons. The fourth-order valence-electron chi connectivity index (χ4n) is 1.28. The van der Waals surface area contributed by atoms with Gasteiger partial charge in [0.05, 0.1) is 11.0 Å². The smallest absolute Gasteiger partial charge is 0.449 e. The topological polar surface area (TPSA) is 75.2 Å². The zero-order valence-corrected chi connectivity index (χ0v) is 8.08. The van der Waals surface area contributed by atoms with Gasteiger partial charge in [-0.2, -0.15) is 13.2 Å². The van der Waals surface area contributed by atoms with Crippen LogP contribution in [0.25, 0.3) is 11.0 Å². The van der Waals surface area contributed by atoms with Crippen molar-refractivity contribution in [3.8, 4) is 5.75 Å². The SMILES string of the molecule is O=C(O)Oc1ccc2[nH]c(C(F)(F)F)nc2c1. The molecule has 2 rings (SSSR count). The number of benzene rings is 1. The van der Waals surface area contributed by atoms with Gasteiger partial charge in [-0.05, 0) is 12.1 Å². The van der Waals surface area contributed by atoms with E-state index in [4.69, 9.17) is 5.11 Å². The normalized spacial score (nSPS) is 11.7. The lowest BCUT2D eigenvalue weighted by Crippen LogP contribution is -2.06. The molecule has 0 bridgehead atoms. The van der Waals surface area contributed by atoms with Crippen molar-refractivity contribution in [2.75, 3.05) is 0 Å². The van der Waals surface area contributed by atoms with Crippen LogP contribution in [0.3, 0.4) is 0 Å². The highest BCUT2D eigenvalue weighted by Gasteiger charge is 2.34. The minimum Gasteiger partial charge on any atom is -0.449 e. The average Bonchev–Trinajstić information content (AvgIpc) is 2.58. The lowest BCUT2D eigenvalue weighted by Gasteiger charge is -1.98. The van der Waals surface area contributed by atoms with E-state index in [0.717, 1.165) is 6.07 Å². The van der Waals surface area contributed by atoms with Crippen LogP contribution in [0.1, 0.15) is 5.82 Å². The summed E-state index contributed by atoms with van der Waals surface area (Å²) in [5.41, 5.74) is 0.131. The van der Waals surface area contributed by atoms with Gasteiger partial charge in [0.15, 0.2) is 0 Å². The maximum atomic E-state index is 12.3. The Morgan fingerprint density at radius 3 is 2.71 bits per heavy atom. The minimum atomic E-state index is -4.58. The van der Waals surface area contributed by atoms with E-state index in [0.29, 0.717) is 0 Å². The molecule has 8 heteroatoms. The molecule has 0 saturated carbocycles. The number of H-pyrrole nitrogens is 1. The van der Waals surface area contributed by atoms with E-state index in [-0.39, 0.29) is 16.8 Å². The molecule has 2 N–H and O–H groups in total. The molecular formula is C9H5F3N2O3. The number of ether oxygens (including phenoxy) is 1. The summed E-state index contributed by atoms with van der Waals surface area (Å²) in [7, 11) is 0. The number of aromatic amines is 1. The molecule has 5 nitrogen and oxygen atoms in total. The first-order valence-corrected chi connectivity index (χ1v) is 4.34. The van der Waals surface area contributed by atoms with Crippen LogP contribution >= 0.6 is 0 Å². The van der Waals surface area contributed by atoms with Crippen molar-refractivity contribution in [1.82, 2.24) is 9.97 Å². The van der Waals surface area contributed by atoms with Gasteiger partial charge in [-0.25, -0.2) is 9.78 Å². The second kappa shape index (κ2) is 3.65. The van der Waals surface area contributed by atoms with Crippen LogP contribution in [-0.2, 0) is 6.18 Å². The number of hydrogen-bond donors (Lipinski definition) is 2. The van der Waals surface area contributed by atoms with Crippen molar-refractivity contribution in [2.24, 2.45) is 0 Å². The highest BCUT2D eigenvalue weighted by atomic mass is 19.4. The molecule has 1 heterocycles. The summed E-state index contributed by atoms with van der Waals surface area (Å²) in [5, 5.41) is 8.34. The fraction of sp³-hybridized carbons (Fsp3) is 0.111. The van der Waals surface area contributed by atoms with Crippen molar-refractivity contribution < 1.29 is 27.8 Å². The van der Waals surface area contributed by atoms with Gasteiger partial charge in [-0.15, -0.1) is 0 Å². The van der Waals surface area contributed by atoms with Crippen LogP contribution in [-0.4, -0.2) is 21.2 Å². The Morgan fingerprint density at radius 2 is 2.12 bits per heavy atom. The van der Waals surface area contributed by atoms with Crippen LogP contribution in [0.4, 0.5) is 18.0 Å².